The van der Waals surface area contributed by atoms with Crippen LogP contribution in [0.1, 0.15) is 27.7 Å². The number of nitrogens with two attached hydrogens (primary N) is 1. The quantitative estimate of drug-likeness (QED) is 0.0684. The van der Waals surface area contributed by atoms with E-state index in [1.165, 1.54) is 6.08 Å². The molecule has 9 nitrogen and oxygen atoms in total. The number of carbonyl (C=O) groups excluding carboxylic acids is 3. The van der Waals surface area contributed by atoms with Crippen molar-refractivity contribution in [1.82, 2.24) is 5.32 Å². The molecule has 0 aromatic heterocycles. The van der Waals surface area contributed by atoms with Gasteiger partial charge in [0.25, 0.3) is 5.91 Å². The summed E-state index contributed by atoms with van der Waals surface area (Å²) in [7, 11) is 0. The molecule has 2 saturated heterocycles. The normalized spacial score (nSPS) is 37.4. The van der Waals surface area contributed by atoms with Crippen molar-refractivity contribution in [2.75, 3.05) is 17.6 Å². The molecule has 2 fully saturated rings. The first-order valence-electron chi connectivity index (χ1n) is 12.1. The van der Waals surface area contributed by atoms with E-state index < -0.39 is 40.8 Å². The number of carbonyl (C=O) groups is 3. The van der Waals surface area contributed by atoms with E-state index in [0.717, 1.165) is 10.0 Å². The lowest BCUT2D eigenvalue weighted by Crippen LogP contribution is -2.62. The number of hydrogen-bond acceptors (Lipinski definition) is 8. The third-order valence-corrected chi connectivity index (χ3v) is 8.60. The van der Waals surface area contributed by atoms with Crippen LogP contribution in [0.4, 0.5) is 0 Å². The molecule has 4 heterocycles. The Labute approximate surface area is 224 Å². The fourth-order valence-electron chi connectivity index (χ4n) is 5.18. The van der Waals surface area contributed by atoms with Gasteiger partial charge < -0.3 is 30.4 Å². The van der Waals surface area contributed by atoms with Crippen molar-refractivity contribution < 1.29 is 33.7 Å². The van der Waals surface area contributed by atoms with E-state index in [1.54, 1.807) is 13.0 Å². The van der Waals surface area contributed by atoms with Crippen LogP contribution >= 0.6 is 22.6 Å². The zero-order valence-electron chi connectivity index (χ0n) is 20.8. The number of alkyl halides is 1. The molecular weight excluding hydrogens is 579 g/mol. The van der Waals surface area contributed by atoms with E-state index in [4.69, 9.17) is 19.9 Å². The van der Waals surface area contributed by atoms with E-state index in [1.807, 2.05) is 19.9 Å². The second-order valence-electron chi connectivity index (χ2n) is 10.1. The molecule has 4 aliphatic rings. The summed E-state index contributed by atoms with van der Waals surface area (Å²) in [5, 5.41) is 13.0. The molecule has 10 heteroatoms. The molecule has 0 saturated carbocycles. The number of Topliss-reactive ketones (excluding diaryl/α,β-unsaturated/α-hetero) is 1. The predicted octanol–water partition coefficient (Wildman–Crippen LogP) is 2.06. The first-order valence-corrected chi connectivity index (χ1v) is 13.6. The third kappa shape index (κ3) is 4.73. The van der Waals surface area contributed by atoms with Crippen LogP contribution in [0.15, 0.2) is 47.3 Å². The summed E-state index contributed by atoms with van der Waals surface area (Å²) in [5.74, 6) is -3.52. The Morgan fingerprint density at radius 3 is 2.64 bits per heavy atom. The Balaban J connectivity index is 1.47. The topological polar surface area (TPSA) is 140 Å². The molecule has 0 aromatic rings. The number of hydrogen-bond donors (Lipinski definition) is 3. The predicted molar refractivity (Wildman–Crippen MR) is 140 cm³/mol. The first kappa shape index (κ1) is 27.2. The molecule has 1 amide bonds. The summed E-state index contributed by atoms with van der Waals surface area (Å²) in [6, 6.07) is -0.956. The minimum absolute atomic E-state index is 0.00689. The highest BCUT2D eigenvalue weighted by atomic mass is 127. The van der Waals surface area contributed by atoms with Crippen molar-refractivity contribution in [1.29, 1.82) is 0 Å². The summed E-state index contributed by atoms with van der Waals surface area (Å²) < 4.78 is 19.3. The number of aliphatic hydroxyl groups excluding tert-OH is 1. The lowest BCUT2D eigenvalue weighted by atomic mass is 9.82. The highest BCUT2D eigenvalue weighted by molar-refractivity contribution is 14.1. The van der Waals surface area contributed by atoms with Gasteiger partial charge in [-0.15, -0.1) is 0 Å². The number of amides is 1. The molecule has 196 valence electrons. The molecule has 4 aliphatic heterocycles. The van der Waals surface area contributed by atoms with Gasteiger partial charge in [-0.3, -0.25) is 14.4 Å². The van der Waals surface area contributed by atoms with Crippen molar-refractivity contribution in [3.05, 3.63) is 47.3 Å². The van der Waals surface area contributed by atoms with Crippen molar-refractivity contribution in [3.8, 4) is 0 Å². The van der Waals surface area contributed by atoms with Gasteiger partial charge in [-0.2, -0.15) is 0 Å². The van der Waals surface area contributed by atoms with Crippen LogP contribution < -0.4 is 11.1 Å². The van der Waals surface area contributed by atoms with Gasteiger partial charge in [0.15, 0.2) is 17.2 Å². The van der Waals surface area contributed by atoms with Gasteiger partial charge in [0.1, 0.15) is 11.3 Å². The number of halogens is 1. The fraction of sp³-hybridized carbons (Fsp3) is 0.577. The van der Waals surface area contributed by atoms with Crippen LogP contribution in [0, 0.1) is 17.8 Å². The molecule has 0 aliphatic carbocycles. The van der Waals surface area contributed by atoms with Gasteiger partial charge in [0.05, 0.1) is 31.4 Å². The Kier molecular flexibility index (Phi) is 7.65. The summed E-state index contributed by atoms with van der Waals surface area (Å²) in [5.41, 5.74) is 5.32. The monoisotopic (exact) mass is 612 g/mol. The summed E-state index contributed by atoms with van der Waals surface area (Å²) in [6.45, 7) is 7.76. The second-order valence-corrected chi connectivity index (χ2v) is 11.0. The fourth-order valence-corrected chi connectivity index (χ4v) is 6.18. The molecule has 0 aromatic carbocycles. The Morgan fingerprint density at radius 2 is 2.03 bits per heavy atom. The Hall–Kier alpha value is -1.86. The molecule has 0 radical (unpaired) electrons. The standard InChI is InChI=1S/C26H33IN2O7/c1-13(5-6-17(30)20-22(32)21(29-24(20)33)15(3)18(31)11-28)9-14(2)23-16(10-27)19-7-8-26(12-34-26)25(4,35-19)36-23/h5-9,14-16,19,21,23,32H,10-12,28H2,1-4H3,(H,29,33)/b6-5+,13-9+. The molecule has 2 bridgehead atoms. The number of ketones is 2. The van der Waals surface area contributed by atoms with Gasteiger partial charge in [-0.25, -0.2) is 0 Å². The third-order valence-electron chi connectivity index (χ3n) is 7.58. The van der Waals surface area contributed by atoms with Crippen LogP contribution in [0.3, 0.4) is 0 Å². The number of nitrogens with one attached hydrogen (secondary N) is 1. The second kappa shape index (κ2) is 10.1. The van der Waals surface area contributed by atoms with Gasteiger partial charge in [0.2, 0.25) is 5.79 Å². The smallest absolute Gasteiger partial charge is 0.259 e. The number of allylic oxidation sites excluding steroid dienone is 3. The van der Waals surface area contributed by atoms with Crippen LogP contribution in [0.25, 0.3) is 0 Å². The molecule has 1 spiro atoms. The molecule has 8 unspecified atom stereocenters. The molecular formula is C26H33IN2O7. The number of epoxide rings is 1. The number of rotatable bonds is 9. The van der Waals surface area contributed by atoms with Gasteiger partial charge >= 0.3 is 0 Å². The van der Waals surface area contributed by atoms with E-state index in [2.05, 4.69) is 47.0 Å². The van der Waals surface area contributed by atoms with Crippen molar-refractivity contribution in [3.63, 3.8) is 0 Å². The van der Waals surface area contributed by atoms with Crippen LogP contribution in [-0.4, -0.2) is 69.8 Å². The first-order chi connectivity index (χ1) is 17.0. The van der Waals surface area contributed by atoms with Gasteiger partial charge in [-0.05, 0) is 26.0 Å². The van der Waals surface area contributed by atoms with Crippen molar-refractivity contribution in [2.45, 2.75) is 57.3 Å². The minimum Gasteiger partial charge on any atom is -0.509 e. The van der Waals surface area contributed by atoms with E-state index in [0.29, 0.717) is 6.61 Å². The number of fused-ring (bicyclic) bond motifs is 3. The number of ether oxygens (including phenoxy) is 3. The maximum atomic E-state index is 12.8. The van der Waals surface area contributed by atoms with Crippen molar-refractivity contribution >= 4 is 40.1 Å². The minimum atomic E-state index is -0.956. The maximum absolute atomic E-state index is 12.8. The Bertz CT molecular complexity index is 1080. The average Bonchev–Trinajstić information content (AvgIpc) is 3.58. The molecule has 36 heavy (non-hydrogen) atoms. The van der Waals surface area contributed by atoms with E-state index in [-0.39, 0.29) is 41.9 Å². The van der Waals surface area contributed by atoms with Gasteiger partial charge in [0, 0.05) is 22.2 Å². The molecule has 8 atom stereocenters. The summed E-state index contributed by atoms with van der Waals surface area (Å²) in [4.78, 5) is 37.0. The van der Waals surface area contributed by atoms with E-state index >= 15 is 0 Å². The van der Waals surface area contributed by atoms with Crippen molar-refractivity contribution in [2.24, 2.45) is 23.5 Å². The van der Waals surface area contributed by atoms with Crippen LogP contribution in [-0.2, 0) is 28.6 Å². The van der Waals surface area contributed by atoms with Crippen LogP contribution in [0.5, 0.6) is 0 Å². The zero-order chi connectivity index (χ0) is 26.4. The molecule has 4 N–H and O–H groups in total. The average molecular weight is 612 g/mol. The number of aliphatic hydroxyl groups is 1. The van der Waals surface area contributed by atoms with Gasteiger partial charge in [-0.1, -0.05) is 60.2 Å². The lowest BCUT2D eigenvalue weighted by molar-refractivity contribution is -0.345. The highest BCUT2D eigenvalue weighted by Gasteiger charge is 2.66. The van der Waals surface area contributed by atoms with Crippen LogP contribution in [0.2, 0.25) is 0 Å². The highest BCUT2D eigenvalue weighted by Crippen LogP contribution is 2.52. The summed E-state index contributed by atoms with van der Waals surface area (Å²) in [6.07, 6.45) is 8.86. The molecule has 4 rings (SSSR count). The van der Waals surface area contributed by atoms with E-state index in [9.17, 15) is 19.5 Å². The maximum Gasteiger partial charge on any atom is 0.259 e. The summed E-state index contributed by atoms with van der Waals surface area (Å²) >= 11 is 2.35. The SMILES string of the molecule is CC(/C=C/C(=O)C1=C(O)C(C(C)C(=O)CN)NC1=O)=C\C(C)C1OC2(C)OC(C=CC23CO3)C1CI. The largest absolute Gasteiger partial charge is 0.509 e. The lowest BCUT2D eigenvalue weighted by Gasteiger charge is -2.51. The Morgan fingerprint density at radius 1 is 1.33 bits per heavy atom. The zero-order valence-corrected chi connectivity index (χ0v) is 23.0.